The summed E-state index contributed by atoms with van der Waals surface area (Å²) in [6.45, 7) is 2.47. The highest BCUT2D eigenvalue weighted by atomic mass is 19.1. The molecule has 1 aromatic carbocycles. The van der Waals surface area contributed by atoms with Crippen LogP contribution in [0.25, 0.3) is 6.08 Å². The fourth-order valence-electron chi connectivity index (χ4n) is 5.87. The summed E-state index contributed by atoms with van der Waals surface area (Å²) in [5.74, 6) is 0.997. The van der Waals surface area contributed by atoms with Crippen LogP contribution in [0.2, 0.25) is 0 Å². The lowest BCUT2D eigenvalue weighted by Crippen LogP contribution is -2.48. The lowest BCUT2D eigenvalue weighted by Gasteiger charge is -2.56. The molecule has 134 valence electrons. The summed E-state index contributed by atoms with van der Waals surface area (Å²) < 4.78 is 20.2. The summed E-state index contributed by atoms with van der Waals surface area (Å²) in [6, 6.07) is 2.60. The third-order valence-corrected chi connectivity index (χ3v) is 6.38. The number of benzene rings is 1. The van der Waals surface area contributed by atoms with Gasteiger partial charge in [0.15, 0.2) is 0 Å². The van der Waals surface area contributed by atoms with Crippen LogP contribution in [-0.2, 0) is 0 Å². The van der Waals surface area contributed by atoms with Crippen molar-refractivity contribution >= 4 is 12.0 Å². The highest BCUT2D eigenvalue weighted by molar-refractivity contribution is 5.89. The van der Waals surface area contributed by atoms with E-state index < -0.39 is 11.8 Å². The van der Waals surface area contributed by atoms with E-state index in [1.807, 2.05) is 13.0 Å². The van der Waals surface area contributed by atoms with Crippen molar-refractivity contribution in [1.29, 1.82) is 0 Å². The van der Waals surface area contributed by atoms with E-state index in [1.54, 1.807) is 6.08 Å². The Morgan fingerprint density at radius 3 is 2.36 bits per heavy atom. The maximum atomic E-state index is 14.1. The zero-order chi connectivity index (χ0) is 17.6. The summed E-state index contributed by atoms with van der Waals surface area (Å²) in [4.78, 5) is 11.2. The lowest BCUT2D eigenvalue weighted by molar-refractivity contribution is -0.0746. The Morgan fingerprint density at radius 1 is 1.24 bits per heavy atom. The summed E-state index contributed by atoms with van der Waals surface area (Å²) in [5.41, 5.74) is 0.561. The molecule has 4 saturated carbocycles. The van der Waals surface area contributed by atoms with E-state index in [2.05, 4.69) is 0 Å². The monoisotopic (exact) mass is 344 g/mol. The van der Waals surface area contributed by atoms with Gasteiger partial charge in [-0.15, -0.1) is 0 Å². The number of ether oxygens (including phenoxy) is 1. The fourth-order valence-corrected chi connectivity index (χ4v) is 5.87. The van der Waals surface area contributed by atoms with Crippen molar-refractivity contribution in [3.05, 3.63) is 35.2 Å². The zero-order valence-electron chi connectivity index (χ0n) is 14.6. The highest BCUT2D eigenvalue weighted by Gasteiger charge is 2.51. The molecule has 3 nitrogen and oxygen atoms in total. The van der Waals surface area contributed by atoms with Crippen molar-refractivity contribution in [3.8, 4) is 5.75 Å². The van der Waals surface area contributed by atoms with Crippen molar-refractivity contribution in [2.24, 2.45) is 23.2 Å². The molecular formula is C21H25FO3. The lowest BCUT2D eigenvalue weighted by atomic mass is 9.50. The Hall–Kier alpha value is -1.84. The smallest absolute Gasteiger partial charge is 0.338 e. The average molecular weight is 344 g/mol. The minimum Gasteiger partial charge on any atom is -0.492 e. The molecule has 0 atom stereocenters. The molecule has 4 aliphatic rings. The average Bonchev–Trinajstić information content (AvgIpc) is 2.53. The minimum absolute atomic E-state index is 0.240. The molecule has 0 unspecified atom stereocenters. The van der Waals surface area contributed by atoms with Gasteiger partial charge in [0.25, 0.3) is 0 Å². The molecule has 0 aromatic heterocycles. The molecule has 1 aromatic rings. The number of carboxylic acids is 1. The number of hydrogen-bond donors (Lipinski definition) is 1. The topological polar surface area (TPSA) is 46.5 Å². The zero-order valence-corrected chi connectivity index (χ0v) is 14.6. The van der Waals surface area contributed by atoms with Crippen LogP contribution in [0, 0.1) is 29.0 Å². The predicted octanol–water partition coefficient (Wildman–Crippen LogP) is 5.15. The Morgan fingerprint density at radius 2 is 1.84 bits per heavy atom. The van der Waals surface area contributed by atoms with Gasteiger partial charge < -0.3 is 9.84 Å². The van der Waals surface area contributed by atoms with E-state index >= 15 is 0 Å². The number of carboxylic acid groups (broad SMARTS) is 1. The van der Waals surface area contributed by atoms with Crippen LogP contribution in [0.3, 0.4) is 0 Å². The third-order valence-electron chi connectivity index (χ3n) is 6.38. The van der Waals surface area contributed by atoms with Gasteiger partial charge in [-0.05, 0) is 69.3 Å². The second kappa shape index (κ2) is 6.15. The van der Waals surface area contributed by atoms with Crippen LogP contribution in [-0.4, -0.2) is 17.7 Å². The van der Waals surface area contributed by atoms with Crippen LogP contribution in [0.15, 0.2) is 18.2 Å². The van der Waals surface area contributed by atoms with Gasteiger partial charge in [0.2, 0.25) is 0 Å². The Kier molecular flexibility index (Phi) is 4.09. The van der Waals surface area contributed by atoms with Crippen LogP contribution in [0.5, 0.6) is 5.75 Å². The van der Waals surface area contributed by atoms with Gasteiger partial charge in [0.05, 0.1) is 12.2 Å². The first-order chi connectivity index (χ1) is 12.0. The normalized spacial score (nSPS) is 33.1. The van der Waals surface area contributed by atoms with Gasteiger partial charge in [-0.25, -0.2) is 9.18 Å². The number of allylic oxidation sites excluding steroid dienone is 1. The molecule has 25 heavy (non-hydrogen) atoms. The van der Waals surface area contributed by atoms with Crippen molar-refractivity contribution in [2.75, 3.05) is 6.61 Å². The molecule has 4 bridgehead atoms. The van der Waals surface area contributed by atoms with E-state index in [0.717, 1.165) is 17.8 Å². The summed E-state index contributed by atoms with van der Waals surface area (Å²) >= 11 is 0. The van der Waals surface area contributed by atoms with Crippen molar-refractivity contribution < 1.29 is 19.0 Å². The summed E-state index contributed by atoms with van der Waals surface area (Å²) in [5, 5.41) is 9.13. The molecule has 5 rings (SSSR count). The largest absolute Gasteiger partial charge is 0.492 e. The van der Waals surface area contributed by atoms with Crippen molar-refractivity contribution in [3.63, 3.8) is 0 Å². The Balaban J connectivity index is 1.56. The van der Waals surface area contributed by atoms with Crippen LogP contribution >= 0.6 is 0 Å². The first kappa shape index (κ1) is 16.6. The second-order valence-electron chi connectivity index (χ2n) is 8.38. The number of aromatic carboxylic acids is 1. The third kappa shape index (κ3) is 3.07. The molecule has 0 saturated heterocycles. The summed E-state index contributed by atoms with van der Waals surface area (Å²) in [7, 11) is 0. The Bertz CT molecular complexity index is 687. The number of carbonyl (C=O) groups is 1. The first-order valence-corrected chi connectivity index (χ1v) is 9.30. The first-order valence-electron chi connectivity index (χ1n) is 9.30. The van der Waals surface area contributed by atoms with Gasteiger partial charge in [0.1, 0.15) is 11.6 Å². The number of rotatable bonds is 5. The fraction of sp³-hybridized carbons (Fsp3) is 0.571. The number of hydrogen-bond acceptors (Lipinski definition) is 2. The molecule has 4 fully saturated rings. The van der Waals surface area contributed by atoms with Gasteiger partial charge >= 0.3 is 5.97 Å². The SMILES string of the molecule is C/C=C/c1cc(C(=O)O)c(F)cc1OCC12CC3CC(CC(C3)C1)C2. The molecule has 1 N–H and O–H groups in total. The molecule has 0 amide bonds. The van der Waals surface area contributed by atoms with Gasteiger partial charge in [-0.1, -0.05) is 12.2 Å². The van der Waals surface area contributed by atoms with Crippen LogP contribution in [0.1, 0.15) is 61.4 Å². The minimum atomic E-state index is -1.25. The standard InChI is InChI=1S/C21H25FO3/c1-2-3-16-7-17(20(23)24)18(22)8-19(16)25-12-21-9-13-4-14(10-21)6-15(5-13)11-21/h2-3,7-8,13-15H,4-6,9-12H2,1H3,(H,23,24)/b3-2+. The van der Waals surface area contributed by atoms with E-state index in [9.17, 15) is 9.18 Å². The van der Waals surface area contributed by atoms with E-state index in [-0.39, 0.29) is 11.0 Å². The molecule has 0 heterocycles. The number of halogens is 1. The summed E-state index contributed by atoms with van der Waals surface area (Å²) in [6.07, 6.45) is 11.4. The molecule has 4 heteroatoms. The van der Waals surface area contributed by atoms with Crippen molar-refractivity contribution in [2.45, 2.75) is 45.4 Å². The molecular weight excluding hydrogens is 319 g/mol. The van der Waals surface area contributed by atoms with Crippen LogP contribution in [0.4, 0.5) is 4.39 Å². The van der Waals surface area contributed by atoms with E-state index in [4.69, 9.17) is 9.84 Å². The second-order valence-corrected chi connectivity index (χ2v) is 8.38. The maximum Gasteiger partial charge on any atom is 0.338 e. The molecule has 0 radical (unpaired) electrons. The van der Waals surface area contributed by atoms with Gasteiger partial charge in [-0.2, -0.15) is 0 Å². The Labute approximate surface area is 147 Å². The van der Waals surface area contributed by atoms with E-state index in [0.29, 0.717) is 17.9 Å². The molecule has 0 spiro atoms. The van der Waals surface area contributed by atoms with Gasteiger partial charge in [0, 0.05) is 17.0 Å². The van der Waals surface area contributed by atoms with Crippen LogP contribution < -0.4 is 4.74 Å². The van der Waals surface area contributed by atoms with Gasteiger partial charge in [-0.3, -0.25) is 0 Å². The molecule has 0 aliphatic heterocycles. The predicted molar refractivity (Wildman–Crippen MR) is 94.2 cm³/mol. The quantitative estimate of drug-likeness (QED) is 0.803. The molecule has 4 aliphatic carbocycles. The van der Waals surface area contributed by atoms with E-state index in [1.165, 1.54) is 50.7 Å². The maximum absolute atomic E-state index is 14.1. The highest BCUT2D eigenvalue weighted by Crippen LogP contribution is 2.60. The van der Waals surface area contributed by atoms with Crippen molar-refractivity contribution in [1.82, 2.24) is 0 Å².